The lowest BCUT2D eigenvalue weighted by atomic mass is 9.85. The molecule has 0 fully saturated rings. The molecule has 0 radical (unpaired) electrons. The highest BCUT2D eigenvalue weighted by atomic mass is 127. The number of aliphatic carboxylic acids is 1. The molecule has 1 aromatic rings. The van der Waals surface area contributed by atoms with Crippen LogP contribution < -0.4 is 4.72 Å². The van der Waals surface area contributed by atoms with Crippen LogP contribution in [0.1, 0.15) is 27.2 Å². The molecular weight excluding hydrogens is 405 g/mol. The van der Waals surface area contributed by atoms with E-state index in [9.17, 15) is 18.3 Å². The van der Waals surface area contributed by atoms with Crippen molar-refractivity contribution in [1.82, 2.24) is 4.72 Å². The molecule has 0 aliphatic rings. The summed E-state index contributed by atoms with van der Waals surface area (Å²) in [6.07, 6.45) is 0.400. The highest BCUT2D eigenvalue weighted by Crippen LogP contribution is 2.24. The molecule has 118 valence electrons. The van der Waals surface area contributed by atoms with Gasteiger partial charge in [0.15, 0.2) is 0 Å². The first kappa shape index (κ1) is 18.4. The fourth-order valence-corrected chi connectivity index (χ4v) is 3.33. The monoisotopic (exact) mass is 425 g/mol. The van der Waals surface area contributed by atoms with Crippen molar-refractivity contribution in [3.63, 3.8) is 0 Å². The van der Waals surface area contributed by atoms with E-state index in [4.69, 9.17) is 0 Å². The number of hydrogen-bond acceptors (Lipinski definition) is 3. The number of carboxylic acid groups (broad SMARTS) is 1. The molecule has 0 amide bonds. The van der Waals surface area contributed by atoms with Gasteiger partial charge in [-0.15, -0.1) is 0 Å². The molecule has 1 aromatic carbocycles. The van der Waals surface area contributed by atoms with Gasteiger partial charge in [0.2, 0.25) is 10.0 Å². The zero-order valence-electron chi connectivity index (χ0n) is 12.3. The summed E-state index contributed by atoms with van der Waals surface area (Å²) in [5, 5.41) is 9.20. The highest BCUT2D eigenvalue weighted by molar-refractivity contribution is 14.1. The van der Waals surface area contributed by atoms with Crippen LogP contribution in [0.25, 0.3) is 0 Å². The Hall–Kier alpha value is -0.670. The maximum absolute atomic E-state index is 12.1. The summed E-state index contributed by atoms with van der Waals surface area (Å²) >= 11 is 2.09. The molecule has 7 heteroatoms. The average Bonchev–Trinajstić information content (AvgIpc) is 2.33. The summed E-state index contributed by atoms with van der Waals surface area (Å²) in [5.74, 6) is -1.74. The second-order valence-electron chi connectivity index (χ2n) is 6.11. The number of hydrogen-bond donors (Lipinski definition) is 2. The zero-order chi connectivity index (χ0) is 16.3. The van der Waals surface area contributed by atoms with Crippen LogP contribution in [0.5, 0.6) is 0 Å². The second kappa shape index (κ2) is 7.06. The van der Waals surface area contributed by atoms with Gasteiger partial charge in [0.25, 0.3) is 0 Å². The van der Waals surface area contributed by atoms with Gasteiger partial charge in [-0.3, -0.25) is 4.79 Å². The van der Waals surface area contributed by atoms with Gasteiger partial charge in [0.05, 0.1) is 10.8 Å². The molecule has 1 unspecified atom stereocenters. The number of nitrogens with one attached hydrogen (secondary N) is 1. The molecule has 1 atom stereocenters. The molecule has 1 rings (SSSR count). The van der Waals surface area contributed by atoms with Crippen LogP contribution in [0.15, 0.2) is 29.2 Å². The Balaban J connectivity index is 2.79. The largest absolute Gasteiger partial charge is 0.481 e. The van der Waals surface area contributed by atoms with Gasteiger partial charge in [0.1, 0.15) is 0 Å². The van der Waals surface area contributed by atoms with Gasteiger partial charge in [-0.2, -0.15) is 0 Å². The number of rotatable bonds is 6. The van der Waals surface area contributed by atoms with E-state index < -0.39 is 21.9 Å². The lowest BCUT2D eigenvalue weighted by molar-refractivity contribution is -0.142. The van der Waals surface area contributed by atoms with Crippen molar-refractivity contribution in [1.29, 1.82) is 0 Å². The topological polar surface area (TPSA) is 83.5 Å². The molecule has 21 heavy (non-hydrogen) atoms. The highest BCUT2D eigenvalue weighted by Gasteiger charge is 2.26. The molecule has 0 heterocycles. The predicted molar refractivity (Wildman–Crippen MR) is 89.5 cm³/mol. The summed E-state index contributed by atoms with van der Waals surface area (Å²) in [7, 11) is -3.68. The van der Waals surface area contributed by atoms with Gasteiger partial charge in [-0.1, -0.05) is 20.8 Å². The first-order chi connectivity index (χ1) is 9.51. The lowest BCUT2D eigenvalue weighted by Gasteiger charge is -2.23. The third kappa shape index (κ3) is 6.31. The summed E-state index contributed by atoms with van der Waals surface area (Å²) < 4.78 is 27.6. The van der Waals surface area contributed by atoms with Crippen LogP contribution in [-0.2, 0) is 14.8 Å². The quantitative estimate of drug-likeness (QED) is 0.687. The summed E-state index contributed by atoms with van der Waals surface area (Å²) in [6.45, 7) is 5.67. The number of sulfonamides is 1. The van der Waals surface area contributed by atoms with Crippen LogP contribution in [0.3, 0.4) is 0 Å². The van der Waals surface area contributed by atoms with Gasteiger partial charge in [-0.05, 0) is 58.7 Å². The Morgan fingerprint density at radius 3 is 2.24 bits per heavy atom. The van der Waals surface area contributed by atoms with Crippen LogP contribution in [0.4, 0.5) is 0 Å². The first-order valence-electron chi connectivity index (χ1n) is 6.49. The van der Waals surface area contributed by atoms with Crippen molar-refractivity contribution in [2.45, 2.75) is 32.1 Å². The number of benzene rings is 1. The molecule has 2 N–H and O–H groups in total. The van der Waals surface area contributed by atoms with E-state index in [0.29, 0.717) is 6.42 Å². The zero-order valence-corrected chi connectivity index (χ0v) is 15.2. The number of halogens is 1. The Kier molecular flexibility index (Phi) is 6.18. The van der Waals surface area contributed by atoms with Crippen LogP contribution in [0, 0.1) is 14.9 Å². The smallest absolute Gasteiger partial charge is 0.307 e. The van der Waals surface area contributed by atoms with Crippen molar-refractivity contribution in [2.75, 3.05) is 6.54 Å². The fourth-order valence-electron chi connectivity index (χ4n) is 1.89. The summed E-state index contributed by atoms with van der Waals surface area (Å²) in [4.78, 5) is 11.4. The Labute approximate surface area is 139 Å². The first-order valence-corrected chi connectivity index (χ1v) is 9.05. The minimum absolute atomic E-state index is 0.110. The molecule has 0 aliphatic heterocycles. The van der Waals surface area contributed by atoms with E-state index >= 15 is 0 Å². The molecule has 0 saturated heterocycles. The predicted octanol–water partition coefficient (Wildman–Crippen LogP) is 2.71. The van der Waals surface area contributed by atoms with Gasteiger partial charge in [-0.25, -0.2) is 13.1 Å². The summed E-state index contributed by atoms with van der Waals surface area (Å²) in [5.41, 5.74) is -0.183. The van der Waals surface area contributed by atoms with E-state index in [1.807, 2.05) is 20.8 Å². The molecule has 0 bridgehead atoms. The molecule has 0 aliphatic carbocycles. The minimum Gasteiger partial charge on any atom is -0.481 e. The average molecular weight is 425 g/mol. The maximum Gasteiger partial charge on any atom is 0.307 e. The van der Waals surface area contributed by atoms with Crippen LogP contribution in [0.2, 0.25) is 0 Å². The molecule has 0 spiro atoms. The van der Waals surface area contributed by atoms with Crippen molar-refractivity contribution in [3.8, 4) is 0 Å². The van der Waals surface area contributed by atoms with E-state index in [-0.39, 0.29) is 16.9 Å². The Morgan fingerprint density at radius 2 is 1.81 bits per heavy atom. The fraction of sp³-hybridized carbons (Fsp3) is 0.500. The van der Waals surface area contributed by atoms with Crippen molar-refractivity contribution < 1.29 is 18.3 Å². The molecule has 0 aromatic heterocycles. The third-order valence-corrected chi connectivity index (χ3v) is 5.01. The van der Waals surface area contributed by atoms with Crippen molar-refractivity contribution in [3.05, 3.63) is 27.8 Å². The van der Waals surface area contributed by atoms with Gasteiger partial charge < -0.3 is 5.11 Å². The van der Waals surface area contributed by atoms with Crippen LogP contribution in [-0.4, -0.2) is 26.0 Å². The SMILES string of the molecule is CC(C)(C)CC(CNS(=O)(=O)c1ccc(I)cc1)C(=O)O. The van der Waals surface area contributed by atoms with Crippen molar-refractivity contribution >= 4 is 38.6 Å². The number of carbonyl (C=O) groups is 1. The van der Waals surface area contributed by atoms with E-state index in [1.54, 1.807) is 12.1 Å². The molecule has 0 saturated carbocycles. The Bertz CT molecular complexity index is 590. The van der Waals surface area contributed by atoms with Crippen LogP contribution >= 0.6 is 22.6 Å². The van der Waals surface area contributed by atoms with E-state index in [2.05, 4.69) is 27.3 Å². The standard InChI is InChI=1S/C14H20INO4S/c1-14(2,3)8-10(13(17)18)9-16-21(19,20)12-6-4-11(15)5-7-12/h4-7,10,16H,8-9H2,1-3H3,(H,17,18). The lowest BCUT2D eigenvalue weighted by Crippen LogP contribution is -2.35. The van der Waals surface area contributed by atoms with Gasteiger partial charge in [0, 0.05) is 10.1 Å². The normalized spacial score (nSPS) is 13.9. The second-order valence-corrected chi connectivity index (χ2v) is 9.12. The Morgan fingerprint density at radius 1 is 1.29 bits per heavy atom. The minimum atomic E-state index is -3.68. The molecule has 5 nitrogen and oxygen atoms in total. The third-order valence-electron chi connectivity index (χ3n) is 2.85. The maximum atomic E-state index is 12.1. The van der Waals surface area contributed by atoms with Gasteiger partial charge >= 0.3 is 5.97 Å². The van der Waals surface area contributed by atoms with Crippen molar-refractivity contribution in [2.24, 2.45) is 11.3 Å². The molecular formula is C14H20INO4S. The summed E-state index contributed by atoms with van der Waals surface area (Å²) in [6, 6.07) is 6.39. The number of carboxylic acids is 1. The van der Waals surface area contributed by atoms with E-state index in [0.717, 1.165) is 3.57 Å². The van der Waals surface area contributed by atoms with E-state index in [1.165, 1.54) is 12.1 Å².